The number of hydrogen-bond acceptors (Lipinski definition) is 4. The third kappa shape index (κ3) is 6.51. The average Bonchev–Trinajstić information content (AvgIpc) is 3.32. The quantitative estimate of drug-likeness (QED) is 0.410. The molecule has 0 spiro atoms. The summed E-state index contributed by atoms with van der Waals surface area (Å²) in [7, 11) is 0. The molecule has 0 aliphatic carbocycles. The predicted molar refractivity (Wildman–Crippen MR) is 141 cm³/mol. The fourth-order valence-electron chi connectivity index (χ4n) is 4.52. The lowest BCUT2D eigenvalue weighted by molar-refractivity contribution is -0.142. The number of aryl methyl sites for hydroxylation is 1. The van der Waals surface area contributed by atoms with Gasteiger partial charge in [0.1, 0.15) is 12.4 Å². The molecule has 0 unspecified atom stereocenters. The second-order valence-electron chi connectivity index (χ2n) is 9.61. The van der Waals surface area contributed by atoms with Crippen LogP contribution in [0.3, 0.4) is 0 Å². The van der Waals surface area contributed by atoms with E-state index in [0.717, 1.165) is 23.3 Å². The van der Waals surface area contributed by atoms with Crippen molar-refractivity contribution < 1.29 is 14.3 Å². The van der Waals surface area contributed by atoms with Crippen LogP contribution in [0.5, 0.6) is 5.75 Å². The highest BCUT2D eigenvalue weighted by Crippen LogP contribution is 2.34. The van der Waals surface area contributed by atoms with Crippen LogP contribution >= 0.6 is 11.3 Å². The number of amides is 2. The average molecular weight is 491 g/mol. The maximum Gasteiger partial charge on any atom is 0.242 e. The minimum atomic E-state index is -0.163. The molecule has 0 bridgehead atoms. The smallest absolute Gasteiger partial charge is 0.242 e. The molecule has 2 amide bonds. The molecule has 3 aromatic rings. The molecular formula is C29H34N2O3S. The van der Waals surface area contributed by atoms with Crippen LogP contribution in [0.25, 0.3) is 0 Å². The van der Waals surface area contributed by atoms with Crippen LogP contribution in [0, 0.1) is 12.8 Å². The fourth-order valence-corrected chi connectivity index (χ4v) is 5.44. The van der Waals surface area contributed by atoms with Crippen LogP contribution in [0.1, 0.15) is 41.5 Å². The van der Waals surface area contributed by atoms with Gasteiger partial charge in [-0.05, 0) is 54.0 Å². The maximum atomic E-state index is 13.6. The molecule has 35 heavy (non-hydrogen) atoms. The van der Waals surface area contributed by atoms with E-state index in [2.05, 4.69) is 25.3 Å². The molecule has 0 fully saturated rings. The minimum Gasteiger partial charge on any atom is -0.491 e. The molecule has 1 aromatic heterocycles. The number of benzene rings is 2. The Morgan fingerprint density at radius 1 is 1.09 bits per heavy atom. The van der Waals surface area contributed by atoms with E-state index in [1.807, 2.05) is 66.4 Å². The van der Waals surface area contributed by atoms with E-state index >= 15 is 0 Å². The molecule has 0 radical (unpaired) electrons. The van der Waals surface area contributed by atoms with E-state index < -0.39 is 0 Å². The van der Waals surface area contributed by atoms with E-state index in [9.17, 15) is 9.59 Å². The summed E-state index contributed by atoms with van der Waals surface area (Å²) in [4.78, 5) is 31.7. The number of carbonyl (C=O) groups is 2. The molecule has 184 valence electrons. The number of carbonyl (C=O) groups excluding carboxylic acids is 2. The number of fused-ring (bicyclic) bond motifs is 1. The van der Waals surface area contributed by atoms with Gasteiger partial charge in [-0.3, -0.25) is 9.59 Å². The van der Waals surface area contributed by atoms with Gasteiger partial charge in [-0.2, -0.15) is 0 Å². The summed E-state index contributed by atoms with van der Waals surface area (Å²) in [6.07, 6.45) is 1.14. The second kappa shape index (κ2) is 11.5. The molecule has 0 N–H and O–H groups in total. The molecule has 5 nitrogen and oxygen atoms in total. The van der Waals surface area contributed by atoms with Gasteiger partial charge in [-0.1, -0.05) is 61.9 Å². The maximum absolute atomic E-state index is 13.6. The van der Waals surface area contributed by atoms with Crippen LogP contribution in [0.15, 0.2) is 66.0 Å². The van der Waals surface area contributed by atoms with Crippen molar-refractivity contribution in [2.24, 2.45) is 5.92 Å². The first-order valence-electron chi connectivity index (χ1n) is 12.3. The van der Waals surface area contributed by atoms with Gasteiger partial charge in [0.15, 0.2) is 0 Å². The van der Waals surface area contributed by atoms with Crippen LogP contribution in [0.2, 0.25) is 0 Å². The van der Waals surface area contributed by atoms with Gasteiger partial charge in [0.25, 0.3) is 0 Å². The van der Waals surface area contributed by atoms with Crippen molar-refractivity contribution in [1.29, 1.82) is 0 Å². The van der Waals surface area contributed by atoms with Gasteiger partial charge in [0.2, 0.25) is 11.8 Å². The number of nitrogens with zero attached hydrogens (tertiary/aromatic N) is 2. The summed E-state index contributed by atoms with van der Waals surface area (Å²) in [5, 5.41) is 2.09. The van der Waals surface area contributed by atoms with E-state index in [-0.39, 0.29) is 30.3 Å². The third-order valence-corrected chi connectivity index (χ3v) is 7.30. The molecule has 0 saturated carbocycles. The molecule has 1 aliphatic heterocycles. The van der Waals surface area contributed by atoms with Crippen molar-refractivity contribution in [1.82, 2.24) is 9.80 Å². The standard InChI is InChI=1S/C29H34N2O3S/c1-21(2)18-30(28(32)17-23-7-5-4-6-8-23)19-29(33)31-15-13-27-25(14-16-35-27)26(31)20-34-24-11-9-22(3)10-12-24/h4-12,14,16,21,26H,13,15,17-20H2,1-3H3/t26-/m1/s1. The second-order valence-corrected chi connectivity index (χ2v) is 10.6. The first-order chi connectivity index (χ1) is 16.9. The summed E-state index contributed by atoms with van der Waals surface area (Å²) in [6, 6.07) is 19.6. The van der Waals surface area contributed by atoms with Gasteiger partial charge in [0.05, 0.1) is 19.0 Å². The summed E-state index contributed by atoms with van der Waals surface area (Å²) < 4.78 is 6.13. The van der Waals surface area contributed by atoms with Gasteiger partial charge < -0.3 is 14.5 Å². The lowest BCUT2D eigenvalue weighted by atomic mass is 10.00. The number of thiophene rings is 1. The SMILES string of the molecule is Cc1ccc(OC[C@@H]2c3ccsc3CCN2C(=O)CN(CC(C)C)C(=O)Cc2ccccc2)cc1. The molecule has 1 aliphatic rings. The molecular weight excluding hydrogens is 456 g/mol. The lowest BCUT2D eigenvalue weighted by Crippen LogP contribution is -2.48. The molecule has 0 saturated heterocycles. The highest BCUT2D eigenvalue weighted by molar-refractivity contribution is 7.10. The predicted octanol–water partition coefficient (Wildman–Crippen LogP) is 5.29. The number of hydrogen-bond donors (Lipinski definition) is 0. The molecule has 2 heterocycles. The lowest BCUT2D eigenvalue weighted by Gasteiger charge is -2.37. The van der Waals surface area contributed by atoms with Crippen molar-refractivity contribution >= 4 is 23.2 Å². The summed E-state index contributed by atoms with van der Waals surface area (Å²) >= 11 is 1.74. The van der Waals surface area contributed by atoms with Crippen LogP contribution in [-0.4, -0.2) is 47.9 Å². The molecule has 6 heteroatoms. The van der Waals surface area contributed by atoms with Crippen molar-refractivity contribution in [2.75, 3.05) is 26.2 Å². The largest absolute Gasteiger partial charge is 0.491 e. The third-order valence-electron chi connectivity index (χ3n) is 6.31. The van der Waals surface area contributed by atoms with Crippen LogP contribution in [-0.2, 0) is 22.4 Å². The first kappa shape index (κ1) is 25.0. The Kier molecular flexibility index (Phi) is 8.24. The van der Waals surface area contributed by atoms with Crippen molar-refractivity contribution in [2.45, 2.75) is 39.7 Å². The Bertz CT molecular complexity index is 1120. The Balaban J connectivity index is 1.49. The van der Waals surface area contributed by atoms with Gasteiger partial charge in [-0.25, -0.2) is 0 Å². The van der Waals surface area contributed by atoms with E-state index in [4.69, 9.17) is 4.74 Å². The fraction of sp³-hybridized carbons (Fsp3) is 0.379. The zero-order valence-electron chi connectivity index (χ0n) is 20.8. The molecule has 1 atom stereocenters. The highest BCUT2D eigenvalue weighted by atomic mass is 32.1. The van der Waals surface area contributed by atoms with Crippen molar-refractivity contribution in [3.8, 4) is 5.75 Å². The van der Waals surface area contributed by atoms with Crippen LogP contribution < -0.4 is 4.74 Å². The number of rotatable bonds is 9. The topological polar surface area (TPSA) is 49.9 Å². The Hall–Kier alpha value is -3.12. The van der Waals surface area contributed by atoms with E-state index in [1.165, 1.54) is 10.4 Å². The van der Waals surface area contributed by atoms with Crippen molar-refractivity contribution in [3.05, 3.63) is 87.6 Å². The van der Waals surface area contributed by atoms with E-state index in [1.54, 1.807) is 16.2 Å². The zero-order chi connectivity index (χ0) is 24.8. The normalized spacial score (nSPS) is 15.1. The van der Waals surface area contributed by atoms with E-state index in [0.29, 0.717) is 26.1 Å². The highest BCUT2D eigenvalue weighted by Gasteiger charge is 2.33. The number of ether oxygens (including phenoxy) is 1. The van der Waals surface area contributed by atoms with Gasteiger partial charge in [0, 0.05) is 18.0 Å². The zero-order valence-corrected chi connectivity index (χ0v) is 21.6. The monoisotopic (exact) mass is 490 g/mol. The molecule has 2 aromatic carbocycles. The Morgan fingerprint density at radius 2 is 1.83 bits per heavy atom. The summed E-state index contributed by atoms with van der Waals surface area (Å²) in [5.74, 6) is 1.03. The van der Waals surface area contributed by atoms with Crippen molar-refractivity contribution in [3.63, 3.8) is 0 Å². The minimum absolute atomic E-state index is 0.0149. The molecule has 4 rings (SSSR count). The first-order valence-corrected chi connectivity index (χ1v) is 13.2. The van der Waals surface area contributed by atoms with Gasteiger partial charge >= 0.3 is 0 Å². The Morgan fingerprint density at radius 3 is 2.54 bits per heavy atom. The summed E-state index contributed by atoms with van der Waals surface area (Å²) in [6.45, 7) is 7.86. The Labute approximate surface area is 212 Å². The summed E-state index contributed by atoms with van der Waals surface area (Å²) in [5.41, 5.74) is 3.30. The van der Waals surface area contributed by atoms with Gasteiger partial charge in [-0.15, -0.1) is 11.3 Å². The van der Waals surface area contributed by atoms with Crippen LogP contribution in [0.4, 0.5) is 0 Å².